The van der Waals surface area contributed by atoms with E-state index in [1.165, 1.54) is 10.6 Å². The largest absolute Gasteiger partial charge is 0.481 e. The molecule has 0 radical (unpaired) electrons. The number of ether oxygens (including phenoxy) is 1. The highest BCUT2D eigenvalue weighted by molar-refractivity contribution is 9.10. The number of hydrogen-bond donors (Lipinski definition) is 1. The molecule has 1 heterocycles. The lowest BCUT2D eigenvalue weighted by Crippen LogP contribution is -2.42. The fourth-order valence-electron chi connectivity index (χ4n) is 2.52. The van der Waals surface area contributed by atoms with Crippen molar-refractivity contribution in [2.75, 3.05) is 32.5 Å². The summed E-state index contributed by atoms with van der Waals surface area (Å²) < 4.78 is 30.7. The number of carbonyl (C=O) groups is 1. The lowest BCUT2D eigenvalue weighted by Gasteiger charge is -2.29. The number of hydrogen-bond acceptors (Lipinski definition) is 4. The van der Waals surface area contributed by atoms with Crippen LogP contribution in [0.25, 0.3) is 0 Å². The van der Waals surface area contributed by atoms with E-state index >= 15 is 0 Å². The van der Waals surface area contributed by atoms with Crippen LogP contribution >= 0.6 is 15.9 Å². The smallest absolute Gasteiger partial charge is 0.223 e. The summed E-state index contributed by atoms with van der Waals surface area (Å²) in [5, 5.41) is 2.77. The van der Waals surface area contributed by atoms with E-state index in [9.17, 15) is 13.2 Å². The van der Waals surface area contributed by atoms with Gasteiger partial charge < -0.3 is 10.1 Å². The molecule has 2 rings (SSSR count). The molecule has 1 fully saturated rings. The first-order valence-electron chi connectivity index (χ1n) is 7.93. The second-order valence-corrected chi connectivity index (χ2v) is 8.65. The van der Waals surface area contributed by atoms with Gasteiger partial charge in [0.05, 0.1) is 12.8 Å². The Kier molecular flexibility index (Phi) is 7.29. The van der Waals surface area contributed by atoms with Gasteiger partial charge in [-0.2, -0.15) is 0 Å². The van der Waals surface area contributed by atoms with Crippen LogP contribution in [0.5, 0.6) is 5.75 Å². The minimum absolute atomic E-state index is 0.0737. The van der Waals surface area contributed by atoms with Gasteiger partial charge in [-0.1, -0.05) is 33.8 Å². The first-order chi connectivity index (χ1) is 11.9. The maximum absolute atomic E-state index is 12.1. The van der Waals surface area contributed by atoms with E-state index in [1.54, 1.807) is 0 Å². The molecule has 136 valence electrons. The fourth-order valence-corrected chi connectivity index (χ4v) is 3.77. The number of carbonyl (C=O) groups excluding carboxylic acids is 1. The standard InChI is InChI=1S/C17H21BrN2O4S/c1-25(22,23)20-10-7-14(8-11-20)17(21)19-9-2-3-12-24-16-6-4-5-15(18)13-16/h4-6,13-14H,7-12H2,1H3,(H,19,21). The summed E-state index contributed by atoms with van der Waals surface area (Å²) in [7, 11) is -3.17. The Hall–Kier alpha value is -1.56. The van der Waals surface area contributed by atoms with Crippen molar-refractivity contribution in [3.63, 3.8) is 0 Å². The first kappa shape index (κ1) is 19.8. The van der Waals surface area contributed by atoms with Gasteiger partial charge in [-0.3, -0.25) is 4.79 Å². The number of nitrogens with zero attached hydrogens (tertiary/aromatic N) is 1. The molecule has 0 aliphatic carbocycles. The summed E-state index contributed by atoms with van der Waals surface area (Å²) in [5.74, 6) is 6.20. The molecule has 0 unspecified atom stereocenters. The molecule has 1 aliphatic rings. The second kappa shape index (κ2) is 9.22. The van der Waals surface area contributed by atoms with Crippen LogP contribution in [-0.2, 0) is 14.8 Å². The van der Waals surface area contributed by atoms with Crippen LogP contribution in [0.15, 0.2) is 28.7 Å². The summed E-state index contributed by atoms with van der Waals surface area (Å²) in [6, 6.07) is 7.49. The zero-order valence-electron chi connectivity index (χ0n) is 14.0. The van der Waals surface area contributed by atoms with Crippen molar-refractivity contribution >= 4 is 31.9 Å². The molecule has 25 heavy (non-hydrogen) atoms. The van der Waals surface area contributed by atoms with Crippen LogP contribution in [0.1, 0.15) is 12.8 Å². The number of sulfonamides is 1. The molecule has 1 aromatic carbocycles. The van der Waals surface area contributed by atoms with Gasteiger partial charge in [0.2, 0.25) is 15.9 Å². The maximum Gasteiger partial charge on any atom is 0.223 e. The molecule has 1 amide bonds. The van der Waals surface area contributed by atoms with Crippen molar-refractivity contribution < 1.29 is 17.9 Å². The van der Waals surface area contributed by atoms with Gasteiger partial charge in [-0.15, -0.1) is 0 Å². The monoisotopic (exact) mass is 428 g/mol. The number of nitrogens with one attached hydrogen (secondary N) is 1. The van der Waals surface area contributed by atoms with E-state index in [2.05, 4.69) is 33.1 Å². The molecular weight excluding hydrogens is 408 g/mol. The number of benzene rings is 1. The molecule has 6 nitrogen and oxygen atoms in total. The van der Waals surface area contributed by atoms with Crippen LogP contribution < -0.4 is 10.1 Å². The Labute approximate surface area is 157 Å². The Bertz CT molecular complexity index is 762. The highest BCUT2D eigenvalue weighted by atomic mass is 79.9. The Morgan fingerprint density at radius 1 is 1.36 bits per heavy atom. The van der Waals surface area contributed by atoms with Crippen molar-refractivity contribution in [3.8, 4) is 17.6 Å². The minimum atomic E-state index is -3.17. The topological polar surface area (TPSA) is 75.7 Å². The summed E-state index contributed by atoms with van der Waals surface area (Å²) in [6.45, 7) is 1.29. The average molecular weight is 429 g/mol. The van der Waals surface area contributed by atoms with Gasteiger partial charge in [-0.25, -0.2) is 12.7 Å². The molecule has 0 atom stereocenters. The third kappa shape index (κ3) is 6.69. The summed E-state index contributed by atoms with van der Waals surface area (Å²) >= 11 is 3.36. The zero-order valence-corrected chi connectivity index (χ0v) is 16.4. The normalized spacial score (nSPS) is 15.9. The van der Waals surface area contributed by atoms with Crippen molar-refractivity contribution in [1.82, 2.24) is 9.62 Å². The molecule has 0 saturated carbocycles. The molecule has 1 aromatic rings. The molecular formula is C17H21BrN2O4S. The van der Waals surface area contributed by atoms with Crippen LogP contribution in [0.2, 0.25) is 0 Å². The number of piperidine rings is 1. The fraction of sp³-hybridized carbons (Fsp3) is 0.471. The number of halogens is 1. The SMILES string of the molecule is CS(=O)(=O)N1CCC(C(=O)NCC#CCOc2cccc(Br)c2)CC1. The molecule has 1 saturated heterocycles. The summed E-state index contributed by atoms with van der Waals surface area (Å²) in [5.41, 5.74) is 0. The molecule has 0 bridgehead atoms. The van der Waals surface area contributed by atoms with Crippen molar-refractivity contribution in [1.29, 1.82) is 0 Å². The van der Waals surface area contributed by atoms with Gasteiger partial charge in [0, 0.05) is 23.5 Å². The van der Waals surface area contributed by atoms with Crippen molar-refractivity contribution in [3.05, 3.63) is 28.7 Å². The lowest BCUT2D eigenvalue weighted by atomic mass is 9.97. The number of amides is 1. The lowest BCUT2D eigenvalue weighted by molar-refractivity contribution is -0.125. The van der Waals surface area contributed by atoms with Gasteiger partial charge in [0.1, 0.15) is 12.4 Å². The average Bonchev–Trinajstić information content (AvgIpc) is 2.57. The van der Waals surface area contributed by atoms with Crippen LogP contribution in [-0.4, -0.2) is 51.1 Å². The molecule has 1 N–H and O–H groups in total. The van der Waals surface area contributed by atoms with E-state index in [4.69, 9.17) is 4.74 Å². The van der Waals surface area contributed by atoms with E-state index in [0.717, 1.165) is 10.2 Å². The minimum Gasteiger partial charge on any atom is -0.481 e. The van der Waals surface area contributed by atoms with E-state index in [0.29, 0.717) is 25.9 Å². The van der Waals surface area contributed by atoms with E-state index in [1.807, 2.05) is 24.3 Å². The summed E-state index contributed by atoms with van der Waals surface area (Å²) in [4.78, 5) is 12.1. The Morgan fingerprint density at radius 2 is 2.08 bits per heavy atom. The zero-order chi connectivity index (χ0) is 18.3. The van der Waals surface area contributed by atoms with Gasteiger partial charge in [0.15, 0.2) is 0 Å². The highest BCUT2D eigenvalue weighted by Crippen LogP contribution is 2.19. The molecule has 0 aromatic heterocycles. The van der Waals surface area contributed by atoms with Crippen LogP contribution in [0.3, 0.4) is 0 Å². The molecule has 0 spiro atoms. The summed E-state index contributed by atoms with van der Waals surface area (Å²) in [6.07, 6.45) is 2.27. The van der Waals surface area contributed by atoms with Gasteiger partial charge in [-0.05, 0) is 31.0 Å². The van der Waals surface area contributed by atoms with Crippen molar-refractivity contribution in [2.45, 2.75) is 12.8 Å². The Balaban J connectivity index is 1.66. The third-order valence-corrected chi connectivity index (χ3v) is 5.67. The maximum atomic E-state index is 12.1. The quantitative estimate of drug-likeness (QED) is 0.722. The van der Waals surface area contributed by atoms with Crippen LogP contribution in [0.4, 0.5) is 0 Å². The molecule has 8 heteroatoms. The third-order valence-electron chi connectivity index (χ3n) is 3.88. The Morgan fingerprint density at radius 3 is 2.72 bits per heavy atom. The highest BCUT2D eigenvalue weighted by Gasteiger charge is 2.28. The number of rotatable bonds is 5. The van der Waals surface area contributed by atoms with E-state index < -0.39 is 10.0 Å². The first-order valence-corrected chi connectivity index (χ1v) is 10.6. The van der Waals surface area contributed by atoms with Gasteiger partial charge in [0.25, 0.3) is 0 Å². The second-order valence-electron chi connectivity index (χ2n) is 5.75. The molecule has 1 aliphatic heterocycles. The predicted octanol–water partition coefficient (Wildman–Crippen LogP) is 1.62. The van der Waals surface area contributed by atoms with Gasteiger partial charge >= 0.3 is 0 Å². The predicted molar refractivity (Wildman–Crippen MR) is 99.6 cm³/mol. The van der Waals surface area contributed by atoms with E-state index in [-0.39, 0.29) is 25.0 Å². The van der Waals surface area contributed by atoms with Crippen LogP contribution in [0, 0.1) is 17.8 Å². The van der Waals surface area contributed by atoms with Crippen molar-refractivity contribution in [2.24, 2.45) is 5.92 Å².